The van der Waals surface area contributed by atoms with Crippen LogP contribution in [0.5, 0.6) is 0 Å². The number of imide groups is 1. The molecule has 2 amide bonds. The lowest BCUT2D eigenvalue weighted by atomic mass is 10.0. The van der Waals surface area contributed by atoms with Crippen molar-refractivity contribution >= 4 is 28.8 Å². The molecule has 162 valence electrons. The average molecular weight is 444 g/mol. The summed E-state index contributed by atoms with van der Waals surface area (Å²) < 4.78 is 66.3. The maximum atomic E-state index is 13.7. The molecule has 0 bridgehead atoms. The largest absolute Gasteiger partial charge is 0.416 e. The molecule has 3 aromatic rings. The van der Waals surface area contributed by atoms with Gasteiger partial charge in [0.05, 0.1) is 16.8 Å². The van der Waals surface area contributed by atoms with Gasteiger partial charge in [-0.2, -0.15) is 13.2 Å². The summed E-state index contributed by atoms with van der Waals surface area (Å²) in [7, 11) is 0. The minimum atomic E-state index is -4.62. The fraction of sp³-hybridized carbons (Fsp3) is 0.0435. The third kappa shape index (κ3) is 3.96. The molecule has 0 atom stereocenters. The maximum Gasteiger partial charge on any atom is 0.416 e. The van der Waals surface area contributed by atoms with Crippen molar-refractivity contribution < 1.29 is 31.5 Å². The summed E-state index contributed by atoms with van der Waals surface area (Å²) in [6, 6.07) is 13.5. The topological polar surface area (TPSA) is 49.4 Å². The monoisotopic (exact) mass is 444 g/mol. The van der Waals surface area contributed by atoms with Crippen molar-refractivity contribution in [2.75, 3.05) is 10.2 Å². The fourth-order valence-electron chi connectivity index (χ4n) is 3.30. The van der Waals surface area contributed by atoms with Gasteiger partial charge in [-0.05, 0) is 54.1 Å². The van der Waals surface area contributed by atoms with Crippen molar-refractivity contribution in [3.63, 3.8) is 0 Å². The molecule has 4 nitrogen and oxygen atoms in total. The molecule has 0 spiro atoms. The number of amides is 2. The smallest absolute Gasteiger partial charge is 0.350 e. The molecule has 0 saturated heterocycles. The number of carbonyl (C=O) groups is 2. The molecule has 1 aliphatic heterocycles. The van der Waals surface area contributed by atoms with Gasteiger partial charge in [0.1, 0.15) is 17.3 Å². The molecule has 0 unspecified atom stereocenters. The van der Waals surface area contributed by atoms with Gasteiger partial charge in [0, 0.05) is 5.69 Å². The molecule has 32 heavy (non-hydrogen) atoms. The van der Waals surface area contributed by atoms with Gasteiger partial charge < -0.3 is 5.32 Å². The van der Waals surface area contributed by atoms with Crippen LogP contribution in [0.25, 0.3) is 5.57 Å². The maximum absolute atomic E-state index is 13.7. The molecule has 0 saturated carbocycles. The van der Waals surface area contributed by atoms with Crippen LogP contribution in [0, 0.1) is 11.6 Å². The second-order valence-corrected chi connectivity index (χ2v) is 6.89. The van der Waals surface area contributed by atoms with E-state index in [0.29, 0.717) is 4.90 Å². The van der Waals surface area contributed by atoms with Crippen molar-refractivity contribution in [1.82, 2.24) is 0 Å². The summed E-state index contributed by atoms with van der Waals surface area (Å²) in [5.74, 6) is -3.00. The Morgan fingerprint density at radius 2 is 1.44 bits per heavy atom. The zero-order valence-corrected chi connectivity index (χ0v) is 16.1. The van der Waals surface area contributed by atoms with Crippen LogP contribution in [0.4, 0.5) is 33.3 Å². The van der Waals surface area contributed by atoms with Crippen molar-refractivity contribution in [2.24, 2.45) is 0 Å². The molecular weight excluding hydrogens is 431 g/mol. The lowest BCUT2D eigenvalue weighted by Gasteiger charge is -2.15. The second kappa shape index (κ2) is 7.92. The van der Waals surface area contributed by atoms with E-state index in [1.165, 1.54) is 30.3 Å². The van der Waals surface area contributed by atoms with Gasteiger partial charge in [-0.25, -0.2) is 13.7 Å². The molecule has 0 radical (unpaired) electrons. The van der Waals surface area contributed by atoms with E-state index < -0.39 is 35.2 Å². The highest BCUT2D eigenvalue weighted by Crippen LogP contribution is 2.35. The van der Waals surface area contributed by atoms with Gasteiger partial charge >= 0.3 is 6.18 Å². The fourth-order valence-corrected chi connectivity index (χ4v) is 3.30. The Kier molecular flexibility index (Phi) is 5.25. The van der Waals surface area contributed by atoms with Crippen molar-refractivity contribution in [2.45, 2.75) is 6.18 Å². The number of halogens is 5. The third-order valence-corrected chi connectivity index (χ3v) is 4.74. The van der Waals surface area contributed by atoms with E-state index >= 15 is 0 Å². The summed E-state index contributed by atoms with van der Waals surface area (Å²) in [6.45, 7) is 0. The lowest BCUT2D eigenvalue weighted by Crippen LogP contribution is -2.32. The number of rotatable bonds is 4. The van der Waals surface area contributed by atoms with E-state index in [1.54, 1.807) is 0 Å². The van der Waals surface area contributed by atoms with Crippen molar-refractivity contribution in [1.29, 1.82) is 0 Å². The number of hydrogen-bond acceptors (Lipinski definition) is 3. The summed E-state index contributed by atoms with van der Waals surface area (Å²) in [5.41, 5.74) is -1.43. The number of carbonyl (C=O) groups excluding carboxylic acids is 2. The van der Waals surface area contributed by atoms with Gasteiger partial charge in [-0.15, -0.1) is 0 Å². The molecule has 1 N–H and O–H groups in total. The van der Waals surface area contributed by atoms with Crippen molar-refractivity contribution in [3.8, 4) is 0 Å². The summed E-state index contributed by atoms with van der Waals surface area (Å²) in [6.07, 6.45) is -4.62. The third-order valence-electron chi connectivity index (χ3n) is 4.74. The molecule has 0 fully saturated rings. The van der Waals surface area contributed by atoms with Crippen LogP contribution >= 0.6 is 0 Å². The van der Waals surface area contributed by atoms with Crippen LogP contribution in [-0.4, -0.2) is 11.8 Å². The highest BCUT2D eigenvalue weighted by Gasteiger charge is 2.40. The Morgan fingerprint density at radius 3 is 2.09 bits per heavy atom. The number of nitrogens with one attached hydrogen (secondary N) is 1. The van der Waals surface area contributed by atoms with E-state index in [1.807, 2.05) is 0 Å². The highest BCUT2D eigenvalue weighted by atomic mass is 19.4. The van der Waals surface area contributed by atoms with Gasteiger partial charge in [0.2, 0.25) is 0 Å². The first-order valence-electron chi connectivity index (χ1n) is 9.24. The number of hydrogen-bond donors (Lipinski definition) is 1. The predicted octanol–water partition coefficient (Wildman–Crippen LogP) is 5.38. The Hall–Kier alpha value is -4.01. The van der Waals surface area contributed by atoms with Crippen LogP contribution in [0.15, 0.2) is 78.5 Å². The number of anilines is 2. The normalized spacial score (nSPS) is 14.3. The lowest BCUT2D eigenvalue weighted by molar-refractivity contribution is -0.137. The molecule has 3 aromatic carbocycles. The van der Waals surface area contributed by atoms with Crippen LogP contribution < -0.4 is 10.2 Å². The molecule has 0 aliphatic carbocycles. The highest BCUT2D eigenvalue weighted by molar-refractivity contribution is 6.46. The SMILES string of the molecule is O=C1C(Nc2cccc(C(F)(F)F)c2)=C(c2ccc(F)cc2)C(=O)N1c1cccc(F)c1. The number of nitrogens with zero attached hydrogens (tertiary/aromatic N) is 1. The summed E-state index contributed by atoms with van der Waals surface area (Å²) >= 11 is 0. The van der Waals surface area contributed by atoms with Crippen LogP contribution in [0.2, 0.25) is 0 Å². The Labute approximate surface area is 178 Å². The molecule has 1 aliphatic rings. The summed E-state index contributed by atoms with van der Waals surface area (Å²) in [4.78, 5) is 27.0. The molecule has 1 heterocycles. The van der Waals surface area contributed by atoms with E-state index in [-0.39, 0.29) is 28.2 Å². The van der Waals surface area contributed by atoms with Gasteiger partial charge in [-0.3, -0.25) is 9.59 Å². The van der Waals surface area contributed by atoms with Gasteiger partial charge in [0.25, 0.3) is 11.8 Å². The van der Waals surface area contributed by atoms with Crippen LogP contribution in [-0.2, 0) is 15.8 Å². The van der Waals surface area contributed by atoms with E-state index in [0.717, 1.165) is 42.5 Å². The quantitative estimate of drug-likeness (QED) is 0.434. The first kappa shape index (κ1) is 21.2. The number of alkyl halides is 3. The minimum Gasteiger partial charge on any atom is -0.350 e. The van der Waals surface area contributed by atoms with Crippen LogP contribution in [0.3, 0.4) is 0 Å². The van der Waals surface area contributed by atoms with E-state index in [2.05, 4.69) is 5.32 Å². The first-order valence-corrected chi connectivity index (χ1v) is 9.24. The zero-order chi connectivity index (χ0) is 23.0. The van der Waals surface area contributed by atoms with Crippen molar-refractivity contribution in [3.05, 3.63) is 101 Å². The Bertz CT molecular complexity index is 1250. The summed E-state index contributed by atoms with van der Waals surface area (Å²) in [5, 5.41) is 2.59. The molecular formula is C23H13F5N2O2. The van der Waals surface area contributed by atoms with Crippen LogP contribution in [0.1, 0.15) is 11.1 Å². The molecule has 9 heteroatoms. The average Bonchev–Trinajstić information content (AvgIpc) is 2.98. The van der Waals surface area contributed by atoms with Gasteiger partial charge in [0.15, 0.2) is 0 Å². The molecule has 4 rings (SSSR count). The Balaban J connectivity index is 1.82. The predicted molar refractivity (Wildman–Crippen MR) is 107 cm³/mol. The standard InChI is InChI=1S/C23H13F5N2O2/c24-15-9-7-13(8-10-15)19-20(29-17-5-1-3-14(11-17)23(26,27)28)22(32)30(21(19)31)18-6-2-4-16(25)12-18/h1-12,29H. The first-order chi connectivity index (χ1) is 15.1. The zero-order valence-electron chi connectivity index (χ0n) is 16.1. The molecule has 0 aromatic heterocycles. The minimum absolute atomic E-state index is 0.0551. The second-order valence-electron chi connectivity index (χ2n) is 6.89. The van der Waals surface area contributed by atoms with E-state index in [9.17, 15) is 31.5 Å². The van der Waals surface area contributed by atoms with E-state index in [4.69, 9.17) is 0 Å². The van der Waals surface area contributed by atoms with Gasteiger partial charge in [-0.1, -0.05) is 24.3 Å². The number of benzene rings is 3. The Morgan fingerprint density at radius 1 is 0.750 bits per heavy atom.